The minimum absolute atomic E-state index is 0.0376. The number of carbonyl (C=O) groups is 1. The van der Waals surface area contributed by atoms with Crippen molar-refractivity contribution in [3.8, 4) is 5.75 Å². The van der Waals surface area contributed by atoms with Crippen molar-refractivity contribution in [2.24, 2.45) is 0 Å². The van der Waals surface area contributed by atoms with Gasteiger partial charge in [-0.2, -0.15) is 0 Å². The first kappa shape index (κ1) is 17.3. The van der Waals surface area contributed by atoms with Gasteiger partial charge in [0, 0.05) is 25.3 Å². The molecule has 2 heterocycles. The van der Waals surface area contributed by atoms with Crippen molar-refractivity contribution >= 4 is 11.7 Å². The Labute approximate surface area is 149 Å². The molecule has 132 valence electrons. The third-order valence-electron chi connectivity index (χ3n) is 4.30. The highest BCUT2D eigenvalue weighted by atomic mass is 16.5. The summed E-state index contributed by atoms with van der Waals surface area (Å²) in [5.41, 5.74) is 0.600. The number of nitrogens with zero attached hydrogens (tertiary/aromatic N) is 2. The molecule has 0 atom stereocenters. The van der Waals surface area contributed by atoms with Crippen LogP contribution in [0.2, 0.25) is 0 Å². The molecule has 5 nitrogen and oxygen atoms in total. The summed E-state index contributed by atoms with van der Waals surface area (Å²) in [5.74, 6) is 1.58. The molecule has 0 unspecified atom stereocenters. The van der Waals surface area contributed by atoms with Gasteiger partial charge in [-0.25, -0.2) is 4.98 Å². The molecule has 2 aromatic rings. The minimum Gasteiger partial charge on any atom is -0.490 e. The van der Waals surface area contributed by atoms with Gasteiger partial charge in [-0.15, -0.1) is 0 Å². The number of benzene rings is 1. The van der Waals surface area contributed by atoms with Crippen molar-refractivity contribution in [1.29, 1.82) is 0 Å². The predicted molar refractivity (Wildman–Crippen MR) is 99.1 cm³/mol. The number of para-hydroxylation sites is 1. The maximum atomic E-state index is 12.6. The Hall–Kier alpha value is -2.56. The molecule has 1 aromatic heterocycles. The summed E-state index contributed by atoms with van der Waals surface area (Å²) in [5, 5.41) is 3.15. The number of carbonyl (C=O) groups excluding carboxylic acids is 1. The van der Waals surface area contributed by atoms with Gasteiger partial charge in [0.15, 0.2) is 0 Å². The highest BCUT2D eigenvalue weighted by Gasteiger charge is 2.23. The van der Waals surface area contributed by atoms with Gasteiger partial charge in [0.2, 0.25) is 0 Å². The molecule has 0 bridgehead atoms. The van der Waals surface area contributed by atoms with E-state index in [1.54, 1.807) is 0 Å². The van der Waals surface area contributed by atoms with E-state index < -0.39 is 0 Å². The van der Waals surface area contributed by atoms with E-state index in [1.807, 2.05) is 62.5 Å². The molecule has 1 amide bonds. The van der Waals surface area contributed by atoms with Gasteiger partial charge < -0.3 is 15.0 Å². The summed E-state index contributed by atoms with van der Waals surface area (Å²) in [7, 11) is 0. The summed E-state index contributed by atoms with van der Waals surface area (Å²) in [4.78, 5) is 19.3. The molecule has 0 radical (unpaired) electrons. The first-order chi connectivity index (χ1) is 12.1. The standard InChI is InChI=1S/C20H25N3O2/c1-15(2)25-18-8-4-3-7-17(18)20(24)22-16-10-13-23(14-11-16)19-9-5-6-12-21-19/h3-9,12,15-16H,10-11,13-14H2,1-2H3,(H,22,24). The third-order valence-corrected chi connectivity index (χ3v) is 4.30. The smallest absolute Gasteiger partial charge is 0.255 e. The molecular formula is C20H25N3O2. The molecule has 25 heavy (non-hydrogen) atoms. The highest BCUT2D eigenvalue weighted by Crippen LogP contribution is 2.21. The Bertz CT molecular complexity index is 695. The van der Waals surface area contributed by atoms with Gasteiger partial charge >= 0.3 is 0 Å². The molecule has 1 fully saturated rings. The third kappa shape index (κ3) is 4.50. The molecular weight excluding hydrogens is 314 g/mol. The number of hydrogen-bond donors (Lipinski definition) is 1. The number of nitrogens with one attached hydrogen (secondary N) is 1. The van der Waals surface area contributed by atoms with Crippen LogP contribution in [0.15, 0.2) is 48.7 Å². The van der Waals surface area contributed by atoms with Crippen LogP contribution in [-0.2, 0) is 0 Å². The fraction of sp³-hybridized carbons (Fsp3) is 0.400. The molecule has 5 heteroatoms. The lowest BCUT2D eigenvalue weighted by molar-refractivity contribution is 0.0925. The fourth-order valence-corrected chi connectivity index (χ4v) is 3.07. The summed E-state index contributed by atoms with van der Waals surface area (Å²) < 4.78 is 5.75. The van der Waals surface area contributed by atoms with E-state index in [0.29, 0.717) is 11.3 Å². The molecule has 1 aromatic carbocycles. The zero-order valence-electron chi connectivity index (χ0n) is 14.8. The highest BCUT2D eigenvalue weighted by molar-refractivity contribution is 5.97. The maximum absolute atomic E-state index is 12.6. The van der Waals surface area contributed by atoms with Gasteiger partial charge in [0.25, 0.3) is 5.91 Å². The van der Waals surface area contributed by atoms with Gasteiger partial charge in [0.1, 0.15) is 11.6 Å². The van der Waals surface area contributed by atoms with E-state index in [1.165, 1.54) is 0 Å². The Kier molecular flexibility index (Phi) is 5.53. The van der Waals surface area contributed by atoms with Crippen molar-refractivity contribution in [3.63, 3.8) is 0 Å². The number of hydrogen-bond acceptors (Lipinski definition) is 4. The number of aromatic nitrogens is 1. The molecule has 3 rings (SSSR count). The first-order valence-electron chi connectivity index (χ1n) is 8.86. The summed E-state index contributed by atoms with van der Waals surface area (Å²) in [6.45, 7) is 5.71. The second-order valence-electron chi connectivity index (χ2n) is 6.59. The lowest BCUT2D eigenvalue weighted by atomic mass is 10.0. The predicted octanol–water partition coefficient (Wildman–Crippen LogP) is 3.27. The molecule has 1 N–H and O–H groups in total. The number of anilines is 1. The average Bonchev–Trinajstić information content (AvgIpc) is 2.63. The monoisotopic (exact) mass is 339 g/mol. The normalized spacial score (nSPS) is 15.2. The van der Waals surface area contributed by atoms with Crippen LogP contribution < -0.4 is 15.0 Å². The number of amides is 1. The largest absolute Gasteiger partial charge is 0.490 e. The van der Waals surface area contributed by atoms with Crippen LogP contribution in [0.5, 0.6) is 5.75 Å². The van der Waals surface area contributed by atoms with Gasteiger partial charge in [-0.05, 0) is 51.0 Å². The van der Waals surface area contributed by atoms with E-state index in [0.717, 1.165) is 31.7 Å². The summed E-state index contributed by atoms with van der Waals surface area (Å²) >= 11 is 0. The topological polar surface area (TPSA) is 54.5 Å². The van der Waals surface area contributed by atoms with Crippen LogP contribution in [0.4, 0.5) is 5.82 Å². The van der Waals surface area contributed by atoms with E-state index in [-0.39, 0.29) is 18.1 Å². The second kappa shape index (κ2) is 8.01. The zero-order chi connectivity index (χ0) is 17.6. The van der Waals surface area contributed by atoms with Crippen LogP contribution in [-0.4, -0.2) is 36.1 Å². The lowest BCUT2D eigenvalue weighted by Crippen LogP contribution is -2.45. The zero-order valence-corrected chi connectivity index (χ0v) is 14.8. The summed E-state index contributed by atoms with van der Waals surface area (Å²) in [6.07, 6.45) is 3.68. The lowest BCUT2D eigenvalue weighted by Gasteiger charge is -2.33. The molecule has 1 aliphatic rings. The second-order valence-corrected chi connectivity index (χ2v) is 6.59. The van der Waals surface area contributed by atoms with E-state index in [4.69, 9.17) is 4.74 Å². The van der Waals surface area contributed by atoms with Crippen LogP contribution >= 0.6 is 0 Å². The van der Waals surface area contributed by atoms with Crippen molar-refractivity contribution in [2.45, 2.75) is 38.8 Å². The van der Waals surface area contributed by atoms with Crippen molar-refractivity contribution in [3.05, 3.63) is 54.2 Å². The molecule has 0 saturated carbocycles. The van der Waals surface area contributed by atoms with Crippen molar-refractivity contribution < 1.29 is 9.53 Å². The number of ether oxygens (including phenoxy) is 1. The number of pyridine rings is 1. The molecule has 1 aliphatic heterocycles. The van der Waals surface area contributed by atoms with Crippen LogP contribution in [0.25, 0.3) is 0 Å². The Morgan fingerprint density at radius 3 is 2.56 bits per heavy atom. The van der Waals surface area contributed by atoms with Gasteiger partial charge in [-0.3, -0.25) is 4.79 Å². The average molecular weight is 339 g/mol. The van der Waals surface area contributed by atoms with E-state index >= 15 is 0 Å². The Morgan fingerprint density at radius 2 is 1.88 bits per heavy atom. The van der Waals surface area contributed by atoms with Crippen LogP contribution in [0, 0.1) is 0 Å². The number of piperidine rings is 1. The fourth-order valence-electron chi connectivity index (χ4n) is 3.07. The van der Waals surface area contributed by atoms with Crippen molar-refractivity contribution in [2.75, 3.05) is 18.0 Å². The van der Waals surface area contributed by atoms with Crippen molar-refractivity contribution in [1.82, 2.24) is 10.3 Å². The van der Waals surface area contributed by atoms with Gasteiger partial charge in [0.05, 0.1) is 11.7 Å². The molecule has 1 saturated heterocycles. The first-order valence-corrected chi connectivity index (χ1v) is 8.86. The minimum atomic E-state index is -0.0625. The summed E-state index contributed by atoms with van der Waals surface area (Å²) in [6, 6.07) is 13.5. The molecule has 0 spiro atoms. The SMILES string of the molecule is CC(C)Oc1ccccc1C(=O)NC1CCN(c2ccccn2)CC1. The Morgan fingerprint density at radius 1 is 1.16 bits per heavy atom. The maximum Gasteiger partial charge on any atom is 0.255 e. The van der Waals surface area contributed by atoms with E-state index in [9.17, 15) is 4.79 Å². The van der Waals surface area contributed by atoms with Crippen LogP contribution in [0.1, 0.15) is 37.0 Å². The number of rotatable bonds is 5. The van der Waals surface area contributed by atoms with Crippen LogP contribution in [0.3, 0.4) is 0 Å². The van der Waals surface area contributed by atoms with Gasteiger partial charge in [-0.1, -0.05) is 18.2 Å². The Balaban J connectivity index is 1.58. The quantitative estimate of drug-likeness (QED) is 0.908. The molecule has 0 aliphatic carbocycles. The van der Waals surface area contributed by atoms with E-state index in [2.05, 4.69) is 15.2 Å².